The molecule has 2 aromatic rings. The molecule has 17 heavy (non-hydrogen) atoms. The Morgan fingerprint density at radius 2 is 2.12 bits per heavy atom. The van der Waals surface area contributed by atoms with Crippen LogP contribution in [0.3, 0.4) is 0 Å². The molecule has 4 N–H and O–H groups in total. The highest BCUT2D eigenvalue weighted by Gasteiger charge is 2.21. The number of aryl methyl sites for hydroxylation is 1. The summed E-state index contributed by atoms with van der Waals surface area (Å²) in [5.74, 6) is 0. The van der Waals surface area contributed by atoms with Crippen LogP contribution in [0.15, 0.2) is 30.5 Å². The van der Waals surface area contributed by atoms with E-state index < -0.39 is 6.10 Å². The van der Waals surface area contributed by atoms with E-state index >= 15 is 0 Å². The van der Waals surface area contributed by atoms with Gasteiger partial charge in [0.25, 0.3) is 0 Å². The molecule has 2 atom stereocenters. The van der Waals surface area contributed by atoms with Gasteiger partial charge in [0.15, 0.2) is 0 Å². The number of aliphatic hydroxyl groups excluding tert-OH is 1. The van der Waals surface area contributed by atoms with Crippen LogP contribution < -0.4 is 11.1 Å². The molecule has 0 aliphatic carbocycles. The maximum Gasteiger partial charge on any atom is 0.0857 e. The van der Waals surface area contributed by atoms with Crippen LogP contribution in [0.5, 0.6) is 0 Å². The molecule has 0 saturated heterocycles. The standard InChI is InChI=1S/C13H19N3O/c1-15-13(12(17)7-14)10-8-16(2)11-6-4-3-5-9(10)11/h3-6,8,12-13,15,17H,7,14H2,1-2H3. The van der Waals surface area contributed by atoms with E-state index in [4.69, 9.17) is 5.73 Å². The number of fused-ring (bicyclic) bond motifs is 1. The highest BCUT2D eigenvalue weighted by Crippen LogP contribution is 2.27. The molecule has 2 unspecified atom stereocenters. The third kappa shape index (κ3) is 2.07. The van der Waals surface area contributed by atoms with E-state index in [1.54, 1.807) is 0 Å². The predicted octanol–water partition coefficient (Wildman–Crippen LogP) is 0.758. The summed E-state index contributed by atoms with van der Waals surface area (Å²) in [4.78, 5) is 0. The number of nitrogens with one attached hydrogen (secondary N) is 1. The lowest BCUT2D eigenvalue weighted by Crippen LogP contribution is -2.34. The van der Waals surface area contributed by atoms with Crippen molar-refractivity contribution in [2.24, 2.45) is 12.8 Å². The summed E-state index contributed by atoms with van der Waals surface area (Å²) in [6, 6.07) is 8.03. The van der Waals surface area contributed by atoms with Gasteiger partial charge in [-0.25, -0.2) is 0 Å². The van der Waals surface area contributed by atoms with Gasteiger partial charge in [0.05, 0.1) is 12.1 Å². The van der Waals surface area contributed by atoms with E-state index in [-0.39, 0.29) is 12.6 Å². The molecule has 4 nitrogen and oxygen atoms in total. The topological polar surface area (TPSA) is 63.2 Å². The van der Waals surface area contributed by atoms with Crippen molar-refractivity contribution in [2.75, 3.05) is 13.6 Å². The summed E-state index contributed by atoms with van der Waals surface area (Å²) in [6.07, 6.45) is 1.47. The lowest BCUT2D eigenvalue weighted by atomic mass is 10.0. The molecular weight excluding hydrogens is 214 g/mol. The number of benzene rings is 1. The average molecular weight is 233 g/mol. The third-order valence-corrected chi connectivity index (χ3v) is 3.20. The first-order chi connectivity index (χ1) is 8.19. The predicted molar refractivity (Wildman–Crippen MR) is 69.8 cm³/mol. The number of hydrogen-bond donors (Lipinski definition) is 3. The van der Waals surface area contributed by atoms with Crippen LogP contribution in [-0.2, 0) is 7.05 Å². The van der Waals surface area contributed by atoms with Gasteiger partial charge in [-0.2, -0.15) is 0 Å². The average Bonchev–Trinajstić information content (AvgIpc) is 2.68. The van der Waals surface area contributed by atoms with Crippen molar-refractivity contribution in [3.63, 3.8) is 0 Å². The molecule has 0 aliphatic rings. The van der Waals surface area contributed by atoms with Gasteiger partial charge >= 0.3 is 0 Å². The second-order valence-electron chi connectivity index (χ2n) is 4.28. The van der Waals surface area contributed by atoms with E-state index in [1.807, 2.05) is 32.4 Å². The molecule has 1 aromatic carbocycles. The lowest BCUT2D eigenvalue weighted by molar-refractivity contribution is 0.139. The van der Waals surface area contributed by atoms with Crippen molar-refractivity contribution in [2.45, 2.75) is 12.1 Å². The molecule has 0 aliphatic heterocycles. The van der Waals surface area contributed by atoms with E-state index in [2.05, 4.69) is 22.0 Å². The van der Waals surface area contributed by atoms with Crippen LogP contribution in [0.25, 0.3) is 10.9 Å². The van der Waals surface area contributed by atoms with Gasteiger partial charge in [0.1, 0.15) is 0 Å². The Kier molecular flexibility index (Phi) is 3.47. The van der Waals surface area contributed by atoms with Crippen LogP contribution in [-0.4, -0.2) is 29.4 Å². The van der Waals surface area contributed by atoms with Crippen LogP contribution in [0.2, 0.25) is 0 Å². The van der Waals surface area contributed by atoms with E-state index in [0.29, 0.717) is 0 Å². The number of para-hydroxylation sites is 1. The Morgan fingerprint density at radius 1 is 1.41 bits per heavy atom. The van der Waals surface area contributed by atoms with Crippen LogP contribution in [0, 0.1) is 0 Å². The maximum absolute atomic E-state index is 9.94. The number of aromatic nitrogens is 1. The van der Waals surface area contributed by atoms with Gasteiger partial charge < -0.3 is 20.7 Å². The normalized spacial score (nSPS) is 15.1. The van der Waals surface area contributed by atoms with Gasteiger partial charge in [0.2, 0.25) is 0 Å². The molecule has 0 fully saturated rings. The van der Waals surface area contributed by atoms with E-state index in [0.717, 1.165) is 16.5 Å². The van der Waals surface area contributed by atoms with Crippen molar-refractivity contribution >= 4 is 10.9 Å². The molecule has 0 spiro atoms. The smallest absolute Gasteiger partial charge is 0.0857 e. The van der Waals surface area contributed by atoms with E-state index in [1.165, 1.54) is 0 Å². The lowest BCUT2D eigenvalue weighted by Gasteiger charge is -2.20. The Balaban J connectivity index is 2.54. The minimum absolute atomic E-state index is 0.133. The number of aliphatic hydroxyl groups is 1. The summed E-state index contributed by atoms with van der Waals surface area (Å²) < 4.78 is 2.07. The monoisotopic (exact) mass is 233 g/mol. The number of hydrogen-bond acceptors (Lipinski definition) is 3. The van der Waals surface area contributed by atoms with Crippen LogP contribution >= 0.6 is 0 Å². The maximum atomic E-state index is 9.94. The summed E-state index contributed by atoms with van der Waals surface area (Å²) in [7, 11) is 3.85. The SMILES string of the molecule is CNC(c1cn(C)c2ccccc12)C(O)CN. The third-order valence-electron chi connectivity index (χ3n) is 3.20. The van der Waals surface area contributed by atoms with E-state index in [9.17, 15) is 5.11 Å². The van der Waals surface area contributed by atoms with Crippen molar-refractivity contribution in [1.82, 2.24) is 9.88 Å². The first-order valence-corrected chi connectivity index (χ1v) is 5.78. The molecule has 0 bridgehead atoms. The van der Waals surface area contributed by atoms with Gasteiger partial charge in [-0.1, -0.05) is 18.2 Å². The molecule has 1 heterocycles. The van der Waals surface area contributed by atoms with Gasteiger partial charge in [-0.15, -0.1) is 0 Å². The first-order valence-electron chi connectivity index (χ1n) is 5.78. The Bertz CT molecular complexity index is 506. The van der Waals surface area contributed by atoms with Crippen molar-refractivity contribution in [3.05, 3.63) is 36.0 Å². The molecule has 2 rings (SSSR count). The fourth-order valence-corrected chi connectivity index (χ4v) is 2.31. The first kappa shape index (κ1) is 12.1. The largest absolute Gasteiger partial charge is 0.390 e. The minimum atomic E-state index is -0.578. The van der Waals surface area contributed by atoms with Crippen LogP contribution in [0.4, 0.5) is 0 Å². The number of nitrogens with two attached hydrogens (primary N) is 1. The molecule has 0 radical (unpaired) electrons. The molecule has 1 aromatic heterocycles. The highest BCUT2D eigenvalue weighted by molar-refractivity contribution is 5.84. The zero-order valence-corrected chi connectivity index (χ0v) is 10.2. The van der Waals surface area contributed by atoms with Crippen molar-refractivity contribution in [3.8, 4) is 0 Å². The fraction of sp³-hybridized carbons (Fsp3) is 0.385. The number of nitrogens with zero attached hydrogens (tertiary/aromatic N) is 1. The number of rotatable bonds is 4. The highest BCUT2D eigenvalue weighted by atomic mass is 16.3. The zero-order chi connectivity index (χ0) is 12.4. The molecule has 92 valence electrons. The van der Waals surface area contributed by atoms with Crippen molar-refractivity contribution < 1.29 is 5.11 Å². The van der Waals surface area contributed by atoms with Gasteiger partial charge in [0, 0.05) is 30.7 Å². The molecule has 4 heteroatoms. The number of likely N-dealkylation sites (N-methyl/N-ethyl adjacent to an activating group) is 1. The fourth-order valence-electron chi connectivity index (χ4n) is 2.31. The quantitative estimate of drug-likeness (QED) is 0.730. The van der Waals surface area contributed by atoms with Crippen molar-refractivity contribution in [1.29, 1.82) is 0 Å². The van der Waals surface area contributed by atoms with Gasteiger partial charge in [-0.3, -0.25) is 0 Å². The second kappa shape index (κ2) is 4.87. The molecule has 0 amide bonds. The summed E-state index contributed by atoms with van der Waals surface area (Å²) in [5, 5.41) is 14.2. The molecule has 0 saturated carbocycles. The summed E-state index contributed by atoms with van der Waals surface area (Å²) in [6.45, 7) is 0.245. The second-order valence-corrected chi connectivity index (χ2v) is 4.28. The Morgan fingerprint density at radius 3 is 2.76 bits per heavy atom. The summed E-state index contributed by atoms with van der Waals surface area (Å²) in [5.41, 5.74) is 7.79. The minimum Gasteiger partial charge on any atom is -0.390 e. The Hall–Kier alpha value is -1.36. The van der Waals surface area contributed by atoms with Gasteiger partial charge in [-0.05, 0) is 18.7 Å². The molecular formula is C13H19N3O. The summed E-state index contributed by atoms with van der Waals surface area (Å²) >= 11 is 0. The van der Waals surface area contributed by atoms with Crippen LogP contribution in [0.1, 0.15) is 11.6 Å². The Labute approximate surface area is 101 Å². The zero-order valence-electron chi connectivity index (χ0n) is 10.2.